The minimum atomic E-state index is -0.989. The lowest BCUT2D eigenvalue weighted by molar-refractivity contribution is -0.137. The van der Waals surface area contributed by atoms with Crippen LogP contribution in [0.5, 0.6) is 0 Å². The van der Waals surface area contributed by atoms with Crippen molar-refractivity contribution in [2.24, 2.45) is 0 Å². The standard InChI is InChI=1S/C33H32N2O5/c36-22-20-30(25-13-5-2-6-14-25)34-32(39)28-17-9-7-15-26(28)27-16-8-10-18-29(27)33(40)35(21-19-31(37)38)23-24-11-3-1-4-12-24/h1-18,30,36H,19-23H2,(H,34,39)(H,37,38). The highest BCUT2D eigenvalue weighted by molar-refractivity contribution is 6.06. The maximum absolute atomic E-state index is 13.9. The summed E-state index contributed by atoms with van der Waals surface area (Å²) in [6, 6.07) is 32.6. The van der Waals surface area contributed by atoms with E-state index in [1.54, 1.807) is 42.5 Å². The largest absolute Gasteiger partial charge is 0.481 e. The first kappa shape index (κ1) is 28.3. The van der Waals surface area contributed by atoms with Crippen molar-refractivity contribution in [1.82, 2.24) is 10.2 Å². The van der Waals surface area contributed by atoms with Crippen molar-refractivity contribution in [3.63, 3.8) is 0 Å². The number of hydrogen-bond acceptors (Lipinski definition) is 4. The molecule has 0 aromatic heterocycles. The molecule has 2 amide bonds. The molecule has 7 nitrogen and oxygen atoms in total. The first-order chi connectivity index (χ1) is 19.5. The predicted octanol–water partition coefficient (Wildman–Crippen LogP) is 5.32. The topological polar surface area (TPSA) is 107 Å². The maximum atomic E-state index is 13.9. The third-order valence-corrected chi connectivity index (χ3v) is 6.64. The molecule has 4 aromatic rings. The molecule has 3 N–H and O–H groups in total. The molecule has 0 aliphatic heterocycles. The SMILES string of the molecule is O=C(O)CCN(Cc1ccccc1)C(=O)c1ccccc1-c1ccccc1C(=O)NC(CCO)c1ccccc1. The molecule has 0 spiro atoms. The number of carboxylic acids is 1. The second-order valence-corrected chi connectivity index (χ2v) is 9.40. The fourth-order valence-corrected chi connectivity index (χ4v) is 4.65. The van der Waals surface area contributed by atoms with Crippen molar-refractivity contribution in [2.75, 3.05) is 13.2 Å². The first-order valence-electron chi connectivity index (χ1n) is 13.2. The van der Waals surface area contributed by atoms with Crippen LogP contribution in [0.3, 0.4) is 0 Å². The number of rotatable bonds is 12. The molecule has 7 heteroatoms. The first-order valence-corrected chi connectivity index (χ1v) is 13.2. The van der Waals surface area contributed by atoms with Gasteiger partial charge in [-0.15, -0.1) is 0 Å². The Hall–Kier alpha value is -4.75. The minimum Gasteiger partial charge on any atom is -0.481 e. The summed E-state index contributed by atoms with van der Waals surface area (Å²) in [5.74, 6) is -1.64. The van der Waals surface area contributed by atoms with E-state index >= 15 is 0 Å². The third kappa shape index (κ3) is 7.21. The lowest BCUT2D eigenvalue weighted by atomic mass is 9.93. The Bertz CT molecular complexity index is 1440. The van der Waals surface area contributed by atoms with Gasteiger partial charge in [0, 0.05) is 30.8 Å². The summed E-state index contributed by atoms with van der Waals surface area (Å²) >= 11 is 0. The highest BCUT2D eigenvalue weighted by Crippen LogP contribution is 2.29. The molecule has 0 aliphatic rings. The Kier molecular flexibility index (Phi) is 9.80. The molecular weight excluding hydrogens is 504 g/mol. The van der Waals surface area contributed by atoms with Crippen LogP contribution in [0, 0.1) is 0 Å². The average molecular weight is 537 g/mol. The monoisotopic (exact) mass is 536 g/mol. The summed E-state index contributed by atoms with van der Waals surface area (Å²) < 4.78 is 0. The Morgan fingerprint density at radius 2 is 1.27 bits per heavy atom. The van der Waals surface area contributed by atoms with Gasteiger partial charge in [0.25, 0.3) is 11.8 Å². The van der Waals surface area contributed by atoms with Gasteiger partial charge in [0.1, 0.15) is 0 Å². The van der Waals surface area contributed by atoms with Gasteiger partial charge in [0.05, 0.1) is 12.5 Å². The molecule has 204 valence electrons. The van der Waals surface area contributed by atoms with Crippen molar-refractivity contribution < 1.29 is 24.6 Å². The molecular formula is C33H32N2O5. The van der Waals surface area contributed by atoms with Gasteiger partial charge >= 0.3 is 5.97 Å². The molecule has 0 saturated carbocycles. The van der Waals surface area contributed by atoms with Crippen LogP contribution in [0.15, 0.2) is 109 Å². The summed E-state index contributed by atoms with van der Waals surface area (Å²) in [6.45, 7) is 0.204. The van der Waals surface area contributed by atoms with Crippen LogP contribution in [0.4, 0.5) is 0 Å². The van der Waals surface area contributed by atoms with Crippen LogP contribution in [0.25, 0.3) is 11.1 Å². The van der Waals surface area contributed by atoms with Gasteiger partial charge in [0.15, 0.2) is 0 Å². The van der Waals surface area contributed by atoms with E-state index in [4.69, 9.17) is 0 Å². The highest BCUT2D eigenvalue weighted by atomic mass is 16.4. The van der Waals surface area contributed by atoms with Crippen LogP contribution in [-0.4, -0.2) is 46.0 Å². The maximum Gasteiger partial charge on any atom is 0.305 e. The lowest BCUT2D eigenvalue weighted by Crippen LogP contribution is -2.33. The molecule has 0 radical (unpaired) electrons. The fourth-order valence-electron chi connectivity index (χ4n) is 4.65. The summed E-state index contributed by atoms with van der Waals surface area (Å²) in [4.78, 5) is 40.4. The van der Waals surface area contributed by atoms with E-state index < -0.39 is 5.97 Å². The van der Waals surface area contributed by atoms with Gasteiger partial charge < -0.3 is 20.4 Å². The number of aliphatic hydroxyl groups is 1. The zero-order valence-electron chi connectivity index (χ0n) is 22.1. The molecule has 4 aromatic carbocycles. The quantitative estimate of drug-likeness (QED) is 0.227. The Balaban J connectivity index is 1.67. The normalized spacial score (nSPS) is 11.4. The molecule has 0 heterocycles. The van der Waals surface area contributed by atoms with Crippen LogP contribution < -0.4 is 5.32 Å². The third-order valence-electron chi connectivity index (χ3n) is 6.64. The van der Waals surface area contributed by atoms with E-state index in [2.05, 4.69) is 5.32 Å². The van der Waals surface area contributed by atoms with Crippen molar-refractivity contribution >= 4 is 17.8 Å². The number of carbonyl (C=O) groups excluding carboxylic acids is 2. The number of carbonyl (C=O) groups is 3. The Morgan fingerprint density at radius 3 is 1.90 bits per heavy atom. The smallest absolute Gasteiger partial charge is 0.305 e. The molecule has 0 saturated heterocycles. The van der Waals surface area contributed by atoms with E-state index in [1.165, 1.54) is 4.90 Å². The molecule has 1 unspecified atom stereocenters. The molecule has 40 heavy (non-hydrogen) atoms. The van der Waals surface area contributed by atoms with Gasteiger partial charge in [-0.25, -0.2) is 0 Å². The van der Waals surface area contributed by atoms with E-state index in [-0.39, 0.29) is 44.0 Å². The lowest BCUT2D eigenvalue weighted by Gasteiger charge is -2.24. The number of nitrogens with one attached hydrogen (secondary N) is 1. The van der Waals surface area contributed by atoms with Gasteiger partial charge in [0.2, 0.25) is 0 Å². The Labute approximate surface area is 233 Å². The Morgan fingerprint density at radius 1 is 0.725 bits per heavy atom. The fraction of sp³-hybridized carbons (Fsp3) is 0.182. The molecule has 0 aliphatic carbocycles. The van der Waals surface area contributed by atoms with Gasteiger partial charge in [-0.05, 0) is 40.8 Å². The van der Waals surface area contributed by atoms with Gasteiger partial charge in [-0.1, -0.05) is 97.1 Å². The molecule has 4 rings (SSSR count). The zero-order chi connectivity index (χ0) is 28.3. The van der Waals surface area contributed by atoms with E-state index in [1.807, 2.05) is 66.7 Å². The van der Waals surface area contributed by atoms with Crippen LogP contribution in [0.2, 0.25) is 0 Å². The molecule has 1 atom stereocenters. The van der Waals surface area contributed by atoms with Crippen molar-refractivity contribution in [1.29, 1.82) is 0 Å². The summed E-state index contributed by atoms with van der Waals surface area (Å²) in [6.07, 6.45) is 0.163. The number of nitrogens with zero attached hydrogens (tertiary/aromatic N) is 1. The van der Waals surface area contributed by atoms with Gasteiger partial charge in [-0.3, -0.25) is 14.4 Å². The summed E-state index contributed by atoms with van der Waals surface area (Å²) in [5, 5.41) is 22.0. The van der Waals surface area contributed by atoms with Crippen LogP contribution >= 0.6 is 0 Å². The summed E-state index contributed by atoms with van der Waals surface area (Å²) in [5.41, 5.74) is 3.69. The second kappa shape index (κ2) is 13.9. The van der Waals surface area contributed by atoms with E-state index in [9.17, 15) is 24.6 Å². The molecule has 0 fully saturated rings. The number of aliphatic carboxylic acids is 1. The second-order valence-electron chi connectivity index (χ2n) is 9.40. The predicted molar refractivity (Wildman–Crippen MR) is 154 cm³/mol. The van der Waals surface area contributed by atoms with Crippen molar-refractivity contribution in [3.8, 4) is 11.1 Å². The van der Waals surface area contributed by atoms with Crippen molar-refractivity contribution in [2.45, 2.75) is 25.4 Å². The number of hydrogen-bond donors (Lipinski definition) is 3. The summed E-state index contributed by atoms with van der Waals surface area (Å²) in [7, 11) is 0. The van der Waals surface area contributed by atoms with E-state index in [0.29, 0.717) is 28.7 Å². The van der Waals surface area contributed by atoms with Crippen molar-refractivity contribution in [3.05, 3.63) is 131 Å². The van der Waals surface area contributed by atoms with Gasteiger partial charge in [-0.2, -0.15) is 0 Å². The van der Waals surface area contributed by atoms with Crippen LogP contribution in [0.1, 0.15) is 50.7 Å². The van der Waals surface area contributed by atoms with Crippen LogP contribution in [-0.2, 0) is 11.3 Å². The molecule has 0 bridgehead atoms. The number of amides is 2. The van der Waals surface area contributed by atoms with E-state index in [0.717, 1.165) is 11.1 Å². The number of benzene rings is 4. The highest BCUT2D eigenvalue weighted by Gasteiger charge is 2.24. The zero-order valence-corrected chi connectivity index (χ0v) is 22.1. The minimum absolute atomic E-state index is 0.0411. The number of aliphatic hydroxyl groups excluding tert-OH is 1. The average Bonchev–Trinajstić information content (AvgIpc) is 2.99. The number of carboxylic acid groups (broad SMARTS) is 1.